The third-order valence-corrected chi connectivity index (χ3v) is 3.97. The van der Waals surface area contributed by atoms with Gasteiger partial charge in [0.15, 0.2) is 0 Å². The van der Waals surface area contributed by atoms with E-state index in [0.717, 1.165) is 36.4 Å². The Morgan fingerprint density at radius 2 is 1.37 bits per heavy atom. The summed E-state index contributed by atoms with van der Waals surface area (Å²) in [6.07, 6.45) is -9.76. The lowest BCUT2D eigenvalue weighted by Gasteiger charge is -2.10. The number of hydrogen-bond donors (Lipinski definition) is 3. The summed E-state index contributed by atoms with van der Waals surface area (Å²) in [5.41, 5.74) is 4.14. The normalized spacial score (nSPS) is 11.7. The van der Waals surface area contributed by atoms with Crippen molar-refractivity contribution < 1.29 is 52.5 Å². The van der Waals surface area contributed by atoms with Crippen LogP contribution in [0.4, 0.5) is 46.5 Å². The summed E-state index contributed by atoms with van der Waals surface area (Å²) in [5, 5.41) is 19.8. The van der Waals surface area contributed by atoms with Gasteiger partial charge in [-0.2, -0.15) is 45.3 Å². The number of halogens is 8. The molecule has 2 aromatic rings. The number of carbonyl (C=O) groups is 1. The number of hydrazone groups is 1. The highest BCUT2D eigenvalue weighted by atomic mass is 32.2. The molecule has 3 N–H and O–H groups in total. The highest BCUT2D eigenvalue weighted by Gasteiger charge is 2.41. The van der Waals surface area contributed by atoms with E-state index < -0.39 is 51.5 Å². The molecule has 0 radical (unpaired) electrons. The zero-order valence-electron chi connectivity index (χ0n) is 18.4. The molecule has 10 nitrogen and oxygen atoms in total. The van der Waals surface area contributed by atoms with Crippen molar-refractivity contribution in [2.24, 2.45) is 5.10 Å². The Morgan fingerprint density at radius 3 is 1.79 bits per heavy atom. The number of hydrazine groups is 1. The van der Waals surface area contributed by atoms with Crippen LogP contribution in [0.2, 0.25) is 0 Å². The summed E-state index contributed by atoms with van der Waals surface area (Å²) < 4.78 is 124. The lowest BCUT2D eigenvalue weighted by atomic mass is 10.2. The number of rotatable bonds is 5. The monoisotopic (exact) mass is 572 g/mol. The molecule has 0 aliphatic rings. The van der Waals surface area contributed by atoms with Crippen molar-refractivity contribution in [3.05, 3.63) is 59.2 Å². The first-order chi connectivity index (χ1) is 17.4. The Hall–Kier alpha value is -4.65. The predicted octanol–water partition coefficient (Wildman–Crippen LogP) is 3.66. The number of nitrogens with zero attached hydrogens (tertiary/aromatic N) is 3. The number of nitrogens with one attached hydrogen (secondary N) is 3. The maximum Gasteiger partial charge on any atom is 0.472 e. The summed E-state index contributed by atoms with van der Waals surface area (Å²) >= 11 is 0. The molecule has 0 saturated carbocycles. The number of hydrogen-bond acceptors (Lipinski definition) is 9. The van der Waals surface area contributed by atoms with Crippen LogP contribution in [0.1, 0.15) is 11.1 Å². The summed E-state index contributed by atoms with van der Waals surface area (Å²) in [7, 11) is -4.43. The maximum atomic E-state index is 13.0. The van der Waals surface area contributed by atoms with Crippen LogP contribution in [0.25, 0.3) is 0 Å². The third kappa shape index (κ3) is 10.5. The van der Waals surface area contributed by atoms with Crippen molar-refractivity contribution in [1.29, 1.82) is 10.5 Å². The lowest BCUT2D eigenvalue weighted by Crippen LogP contribution is -2.40. The van der Waals surface area contributed by atoms with Crippen LogP contribution in [-0.2, 0) is 19.1 Å². The fourth-order valence-corrected chi connectivity index (χ4v) is 2.38. The minimum Gasteiger partial charge on any atom is -0.355 e. The van der Waals surface area contributed by atoms with Gasteiger partial charge in [0, 0.05) is 0 Å². The number of benzene rings is 2. The van der Waals surface area contributed by atoms with Gasteiger partial charge in [-0.25, -0.2) is 8.78 Å². The Morgan fingerprint density at radius 1 is 0.895 bits per heavy atom. The lowest BCUT2D eigenvalue weighted by molar-refractivity contribution is -0.173. The largest absolute Gasteiger partial charge is 0.472 e. The van der Waals surface area contributed by atoms with E-state index in [0.29, 0.717) is 6.26 Å². The highest BCUT2D eigenvalue weighted by molar-refractivity contribution is 7.86. The Labute approximate surface area is 208 Å². The van der Waals surface area contributed by atoms with Crippen molar-refractivity contribution >= 4 is 33.3 Å². The molecule has 19 heteroatoms. The zero-order valence-corrected chi connectivity index (χ0v) is 19.2. The van der Waals surface area contributed by atoms with Gasteiger partial charge in [-0.3, -0.25) is 21.1 Å². The van der Waals surface area contributed by atoms with E-state index in [1.807, 2.05) is 10.9 Å². The molecule has 38 heavy (non-hydrogen) atoms. The fourth-order valence-electron chi connectivity index (χ4n) is 1.96. The maximum absolute atomic E-state index is 13.0. The van der Waals surface area contributed by atoms with Gasteiger partial charge in [-0.05, 0) is 36.4 Å². The highest BCUT2D eigenvalue weighted by Crippen LogP contribution is 2.21. The van der Waals surface area contributed by atoms with Crippen molar-refractivity contribution in [2.75, 3.05) is 17.1 Å². The van der Waals surface area contributed by atoms with Gasteiger partial charge >= 0.3 is 34.3 Å². The SMILES string of the molecule is CS(=O)(=O)O/C(=N\Nc1ccc(F)c(C#N)c1)C(F)(F)F.N#Cc1cc(NNC(=O)C(F)(F)F)ccc1F. The molecule has 204 valence electrons. The van der Waals surface area contributed by atoms with E-state index in [1.165, 1.54) is 17.6 Å². The van der Waals surface area contributed by atoms with Crippen molar-refractivity contribution in [1.82, 2.24) is 5.43 Å². The summed E-state index contributed by atoms with van der Waals surface area (Å²) in [4.78, 5) is 10.4. The van der Waals surface area contributed by atoms with E-state index >= 15 is 0 Å². The first kappa shape index (κ1) is 31.4. The Bertz CT molecular complexity index is 1400. The molecule has 1 amide bonds. The Kier molecular flexibility index (Phi) is 10.4. The molecule has 0 aromatic heterocycles. The molecule has 0 heterocycles. The van der Waals surface area contributed by atoms with E-state index in [2.05, 4.69) is 9.28 Å². The van der Waals surface area contributed by atoms with Crippen LogP contribution in [0.15, 0.2) is 41.5 Å². The van der Waals surface area contributed by atoms with E-state index in [1.54, 1.807) is 0 Å². The summed E-state index contributed by atoms with van der Waals surface area (Å²) in [5.74, 6) is -5.91. The molecule has 0 bridgehead atoms. The average Bonchev–Trinajstić information content (AvgIpc) is 2.80. The molecule has 0 spiro atoms. The first-order valence-corrected chi connectivity index (χ1v) is 11.0. The standard InChI is InChI=1S/C10H7F4N3O3S.C9H5F4N3O/c1-21(18,19)20-9(10(12,13)14)17-16-7-2-3-8(11)6(4-7)5-15;10-7-2-1-6(3-5(7)4-14)15-16-8(17)9(11,12)13/h2-4,16H,1H3;1-3,15H,(H,16,17)/b17-9-;. The number of amides is 1. The van der Waals surface area contributed by atoms with Crippen molar-refractivity contribution in [3.63, 3.8) is 0 Å². The molecule has 0 atom stereocenters. The van der Waals surface area contributed by atoms with E-state index in [4.69, 9.17) is 10.5 Å². The molecule has 0 aliphatic carbocycles. The van der Waals surface area contributed by atoms with Crippen LogP contribution in [0.5, 0.6) is 0 Å². The van der Waals surface area contributed by atoms with Crippen LogP contribution in [0, 0.1) is 34.3 Å². The smallest absolute Gasteiger partial charge is 0.355 e. The summed E-state index contributed by atoms with van der Waals surface area (Å²) in [6, 6.07) is 8.65. The Balaban J connectivity index is 0.000000389. The van der Waals surface area contributed by atoms with Gasteiger partial charge in [-0.15, -0.1) is 5.10 Å². The molecule has 0 aliphatic heterocycles. The van der Waals surface area contributed by atoms with Crippen molar-refractivity contribution in [3.8, 4) is 12.1 Å². The molecular formula is C19H12F8N6O4S. The topological polar surface area (TPSA) is 156 Å². The second-order valence-corrected chi connectivity index (χ2v) is 8.08. The second-order valence-electron chi connectivity index (χ2n) is 6.50. The van der Waals surface area contributed by atoms with Crippen LogP contribution < -0.4 is 16.3 Å². The minimum absolute atomic E-state index is 0.0412. The molecule has 2 rings (SSSR count). The van der Waals surface area contributed by atoms with Gasteiger partial charge in [0.1, 0.15) is 23.8 Å². The second kappa shape index (κ2) is 12.5. The van der Waals surface area contributed by atoms with Crippen molar-refractivity contribution in [2.45, 2.75) is 12.4 Å². The molecule has 2 aromatic carbocycles. The zero-order chi connectivity index (χ0) is 29.3. The number of alkyl halides is 6. The first-order valence-electron chi connectivity index (χ1n) is 9.20. The quantitative estimate of drug-likeness (QED) is 0.161. The number of nitriles is 2. The predicted molar refractivity (Wildman–Crippen MR) is 113 cm³/mol. The molecule has 0 saturated heterocycles. The van der Waals surface area contributed by atoms with Gasteiger partial charge in [-0.1, -0.05) is 0 Å². The van der Waals surface area contributed by atoms with Gasteiger partial charge in [0.2, 0.25) is 0 Å². The summed E-state index contributed by atoms with van der Waals surface area (Å²) in [6.45, 7) is 0. The molecule has 0 fully saturated rings. The van der Waals surface area contributed by atoms with Crippen LogP contribution >= 0.6 is 0 Å². The van der Waals surface area contributed by atoms with E-state index in [-0.39, 0.29) is 16.9 Å². The molecule has 0 unspecified atom stereocenters. The fraction of sp³-hybridized carbons (Fsp3) is 0.158. The third-order valence-electron chi connectivity index (χ3n) is 3.51. The van der Waals surface area contributed by atoms with Crippen LogP contribution in [-0.4, -0.2) is 38.8 Å². The number of carbonyl (C=O) groups excluding carboxylic acids is 1. The minimum atomic E-state index is -5.16. The molecular weight excluding hydrogens is 560 g/mol. The van der Waals surface area contributed by atoms with Gasteiger partial charge in [0.05, 0.1) is 28.8 Å². The van der Waals surface area contributed by atoms with Gasteiger partial charge < -0.3 is 4.18 Å². The van der Waals surface area contributed by atoms with E-state index in [9.17, 15) is 48.3 Å². The number of anilines is 2. The van der Waals surface area contributed by atoms with Crippen LogP contribution in [0.3, 0.4) is 0 Å². The average molecular weight is 572 g/mol. The van der Waals surface area contributed by atoms with Gasteiger partial charge in [0.25, 0.3) is 0 Å².